The molecule has 0 spiro atoms. The molecule has 41 heavy (non-hydrogen) atoms. The zero-order valence-corrected chi connectivity index (χ0v) is 28.2. The maximum atomic E-state index is 10.2. The van der Waals surface area contributed by atoms with E-state index in [-0.39, 0.29) is 10.8 Å². The fourth-order valence-corrected chi connectivity index (χ4v) is 20.1. The van der Waals surface area contributed by atoms with Crippen molar-refractivity contribution in [3.05, 3.63) is 84.1 Å². The molecule has 0 aliphatic rings. The molecule has 0 amide bonds. The van der Waals surface area contributed by atoms with Gasteiger partial charge in [0, 0.05) is 6.07 Å². The van der Waals surface area contributed by atoms with Gasteiger partial charge in [0.05, 0.1) is 0 Å². The average Bonchev–Trinajstić information content (AvgIpc) is 3.25. The summed E-state index contributed by atoms with van der Waals surface area (Å²) in [7, 11) is 2.06. The number of pyridine rings is 1. The van der Waals surface area contributed by atoms with Crippen LogP contribution in [-0.4, -0.2) is 13.3 Å². The number of nitrogens with zero attached hydrogens (tertiary/aromatic N) is 2. The van der Waals surface area contributed by atoms with Crippen LogP contribution in [0, 0.1) is 29.1 Å². The van der Waals surface area contributed by atoms with Gasteiger partial charge < -0.3 is 0 Å². The summed E-state index contributed by atoms with van der Waals surface area (Å²) in [5, 5.41) is 14.9. The van der Waals surface area contributed by atoms with Crippen molar-refractivity contribution in [3.63, 3.8) is 0 Å². The molecule has 0 unspecified atom stereocenters. The van der Waals surface area contributed by atoms with Crippen molar-refractivity contribution in [1.82, 2.24) is 0 Å². The van der Waals surface area contributed by atoms with Crippen LogP contribution in [0.3, 0.4) is 0 Å². The van der Waals surface area contributed by atoms with Crippen molar-refractivity contribution in [1.29, 1.82) is 5.26 Å². The summed E-state index contributed by atoms with van der Waals surface area (Å²) in [6.45, 7) is 16.4. The Morgan fingerprint density at radius 3 is 1.93 bits per heavy atom. The molecular weight excluding hydrogens is 561 g/mol. The molecule has 4 heteroatoms. The molecule has 0 radical (unpaired) electrons. The van der Waals surface area contributed by atoms with Crippen LogP contribution in [0.2, 0.25) is 16.3 Å². The van der Waals surface area contributed by atoms with E-state index in [0.717, 1.165) is 49.9 Å². The van der Waals surface area contributed by atoms with Gasteiger partial charge in [0.1, 0.15) is 0 Å². The van der Waals surface area contributed by atoms with Crippen LogP contribution in [0.15, 0.2) is 77.3 Å². The molecule has 3 aromatic carbocycles. The Labute approximate surface area is 248 Å². The molecule has 210 valence electrons. The number of nitriles is 1. The zero-order valence-electron chi connectivity index (χ0n) is 26.1. The molecule has 3 nitrogen and oxygen atoms in total. The predicted octanol–water partition coefficient (Wildman–Crippen LogP) is 9.30. The number of rotatable bonds is 5. The summed E-state index contributed by atoms with van der Waals surface area (Å²) in [6, 6.07) is 26.2. The number of hydrogen-bond acceptors (Lipinski definition) is 2. The standard InChI is InChI=1S/C37H43GeN2O/c1-25-13-19-29-30-20-16-27(22-39)33(35(30)41-34(29)32(25)31-12-10-11-21-40(31)9)26-14-17-28(18-15-26)38(8,23-36(2,3)4)24-37(5,6)7/h10-21H,23-24H2,1-9H3/q+1. The topological polar surface area (TPSA) is 40.8 Å². The molecule has 5 aromatic rings. The molecule has 0 fully saturated rings. The summed E-state index contributed by atoms with van der Waals surface area (Å²) in [5.74, 6) is 2.60. The number of furan rings is 1. The van der Waals surface area contributed by atoms with Gasteiger partial charge in [-0.05, 0) is 0 Å². The van der Waals surface area contributed by atoms with E-state index >= 15 is 0 Å². The quantitative estimate of drug-likeness (QED) is 0.148. The second-order valence-electron chi connectivity index (χ2n) is 14.5. The molecule has 0 saturated heterocycles. The van der Waals surface area contributed by atoms with Crippen LogP contribution < -0.4 is 8.96 Å². The van der Waals surface area contributed by atoms with Gasteiger partial charge in [0.25, 0.3) is 0 Å². The third-order valence-corrected chi connectivity index (χ3v) is 19.5. The van der Waals surface area contributed by atoms with Crippen LogP contribution in [0.25, 0.3) is 44.3 Å². The number of hydrogen-bond donors (Lipinski definition) is 0. The Morgan fingerprint density at radius 2 is 1.37 bits per heavy atom. The summed E-state index contributed by atoms with van der Waals surface area (Å²) in [6.07, 6.45) is 2.06. The average molecular weight is 604 g/mol. The van der Waals surface area contributed by atoms with Gasteiger partial charge in [-0.25, -0.2) is 0 Å². The Hall–Kier alpha value is -3.36. The second-order valence-corrected chi connectivity index (χ2v) is 23.8. The molecule has 0 aliphatic carbocycles. The number of aryl methyl sites for hydroxylation is 2. The van der Waals surface area contributed by atoms with Crippen molar-refractivity contribution in [2.75, 3.05) is 0 Å². The Bertz CT molecular complexity index is 1770. The van der Waals surface area contributed by atoms with Gasteiger partial charge in [-0.2, -0.15) is 0 Å². The van der Waals surface area contributed by atoms with Gasteiger partial charge in [0.2, 0.25) is 0 Å². The molecular formula is C37H43GeN2O+. The summed E-state index contributed by atoms with van der Waals surface area (Å²) in [5.41, 5.74) is 8.15. The first-order valence-electron chi connectivity index (χ1n) is 14.7. The van der Waals surface area contributed by atoms with Gasteiger partial charge in [-0.3, -0.25) is 0 Å². The fraction of sp³-hybridized carbons (Fsp3) is 0.351. The monoisotopic (exact) mass is 605 g/mol. The third-order valence-electron chi connectivity index (χ3n) is 8.16. The molecule has 0 aliphatic heterocycles. The van der Waals surface area contributed by atoms with Gasteiger partial charge in [-0.1, -0.05) is 0 Å². The zero-order chi connectivity index (χ0) is 29.7. The van der Waals surface area contributed by atoms with Gasteiger partial charge >= 0.3 is 243 Å². The molecule has 2 heterocycles. The Morgan fingerprint density at radius 1 is 0.780 bits per heavy atom. The van der Waals surface area contributed by atoms with E-state index in [2.05, 4.69) is 127 Å². The molecule has 2 aromatic heterocycles. The first-order valence-corrected chi connectivity index (χ1v) is 20.8. The van der Waals surface area contributed by atoms with E-state index in [0.29, 0.717) is 5.56 Å². The minimum absolute atomic E-state index is 0.289. The van der Waals surface area contributed by atoms with Crippen LogP contribution in [-0.2, 0) is 7.05 Å². The van der Waals surface area contributed by atoms with Crippen LogP contribution in [0.1, 0.15) is 52.7 Å². The Balaban J connectivity index is 1.71. The maximum absolute atomic E-state index is 10.2. The van der Waals surface area contributed by atoms with E-state index in [4.69, 9.17) is 4.42 Å². The van der Waals surface area contributed by atoms with E-state index < -0.39 is 13.3 Å². The molecule has 0 atom stereocenters. The minimum atomic E-state index is -2.40. The number of fused-ring (bicyclic) bond motifs is 3. The first-order chi connectivity index (χ1) is 19.2. The molecule has 0 bridgehead atoms. The van der Waals surface area contributed by atoms with Crippen LogP contribution in [0.4, 0.5) is 0 Å². The fourth-order valence-electron chi connectivity index (χ4n) is 7.13. The summed E-state index contributed by atoms with van der Waals surface area (Å²) in [4.78, 5) is 0. The molecule has 0 saturated carbocycles. The summed E-state index contributed by atoms with van der Waals surface area (Å²) >= 11 is -2.40. The van der Waals surface area contributed by atoms with E-state index in [1.807, 2.05) is 18.2 Å². The normalized spacial score (nSPS) is 12.7. The van der Waals surface area contributed by atoms with Gasteiger partial charge in [0.15, 0.2) is 0 Å². The predicted molar refractivity (Wildman–Crippen MR) is 175 cm³/mol. The van der Waals surface area contributed by atoms with Crippen molar-refractivity contribution in [2.45, 2.75) is 64.7 Å². The third kappa shape index (κ3) is 5.73. The van der Waals surface area contributed by atoms with Crippen molar-refractivity contribution >= 4 is 39.6 Å². The number of benzene rings is 3. The van der Waals surface area contributed by atoms with Crippen molar-refractivity contribution in [2.24, 2.45) is 17.9 Å². The van der Waals surface area contributed by atoms with E-state index in [9.17, 15) is 5.26 Å². The van der Waals surface area contributed by atoms with Crippen molar-refractivity contribution < 1.29 is 8.98 Å². The number of aromatic nitrogens is 1. The van der Waals surface area contributed by atoms with Crippen LogP contribution in [0.5, 0.6) is 0 Å². The Kier molecular flexibility index (Phi) is 7.45. The van der Waals surface area contributed by atoms with Gasteiger partial charge in [-0.15, -0.1) is 0 Å². The first kappa shape index (κ1) is 29.1. The molecule has 5 rings (SSSR count). The summed E-state index contributed by atoms with van der Waals surface area (Å²) < 4.78 is 10.4. The second kappa shape index (κ2) is 10.5. The van der Waals surface area contributed by atoms with E-state index in [1.54, 1.807) is 0 Å². The SMILES string of the molecule is Cc1ccc2c(oc3c(-c4cc[c]([Ge]([CH3])([CH2]C(C)(C)C)[CH2]C(C)(C)C)cc4)c(C#N)ccc32)c1-c1cccc[n+]1C. The van der Waals surface area contributed by atoms with Crippen LogP contribution >= 0.6 is 0 Å². The molecule has 0 N–H and O–H groups in total. The van der Waals surface area contributed by atoms with Crippen molar-refractivity contribution in [3.8, 4) is 28.5 Å². The van der Waals surface area contributed by atoms with E-state index in [1.165, 1.54) is 14.9 Å².